The molecule has 1 aliphatic heterocycles. The summed E-state index contributed by atoms with van der Waals surface area (Å²) in [7, 11) is 1.25. The second-order valence-electron chi connectivity index (χ2n) is 3.55. The lowest BCUT2D eigenvalue weighted by Gasteiger charge is -2.04. The van der Waals surface area contributed by atoms with Crippen LogP contribution < -0.4 is 0 Å². The zero-order valence-electron chi connectivity index (χ0n) is 9.25. The minimum atomic E-state index is -0.620. The summed E-state index contributed by atoms with van der Waals surface area (Å²) in [6.45, 7) is 0. The van der Waals surface area contributed by atoms with Gasteiger partial charge in [0.2, 0.25) is 0 Å². The summed E-state index contributed by atoms with van der Waals surface area (Å²) >= 11 is 0. The van der Waals surface area contributed by atoms with Gasteiger partial charge < -0.3 is 4.74 Å². The van der Waals surface area contributed by atoms with Crippen LogP contribution in [0, 0.1) is 11.3 Å². The number of rotatable bonds is 2. The monoisotopic (exact) mass is 226 g/mol. The van der Waals surface area contributed by atoms with Crippen molar-refractivity contribution in [2.24, 2.45) is 4.99 Å². The molecule has 0 aliphatic carbocycles. The Morgan fingerprint density at radius 3 is 3.00 bits per heavy atom. The average molecular weight is 226 g/mol. The normalized spacial score (nSPS) is 17.4. The van der Waals surface area contributed by atoms with Crippen LogP contribution in [0.5, 0.6) is 0 Å². The van der Waals surface area contributed by atoms with Crippen LogP contribution in [-0.4, -0.2) is 19.3 Å². The van der Waals surface area contributed by atoms with E-state index in [1.54, 1.807) is 12.3 Å². The van der Waals surface area contributed by atoms with E-state index in [0.29, 0.717) is 0 Å². The minimum absolute atomic E-state index is 0.000605. The van der Waals surface area contributed by atoms with Gasteiger partial charge in [-0.1, -0.05) is 18.2 Å². The molecule has 1 unspecified atom stereocenters. The van der Waals surface area contributed by atoms with Crippen molar-refractivity contribution in [1.29, 1.82) is 5.26 Å². The lowest BCUT2D eigenvalue weighted by molar-refractivity contribution is -0.135. The van der Waals surface area contributed by atoms with Crippen LogP contribution in [0.3, 0.4) is 0 Å². The predicted octanol–water partition coefficient (Wildman–Crippen LogP) is 2.11. The van der Waals surface area contributed by atoms with Crippen molar-refractivity contribution in [3.8, 4) is 6.07 Å². The Hall–Kier alpha value is -2.41. The first-order valence-electron chi connectivity index (χ1n) is 5.09. The largest absolute Gasteiger partial charge is 0.465 e. The van der Waals surface area contributed by atoms with E-state index in [-0.39, 0.29) is 11.5 Å². The fourth-order valence-electron chi connectivity index (χ4n) is 1.70. The number of benzene rings is 1. The summed E-state index contributed by atoms with van der Waals surface area (Å²) in [5.41, 5.74) is 1.86. The maximum absolute atomic E-state index is 11.3. The molecule has 0 bridgehead atoms. The maximum atomic E-state index is 11.3. The zero-order chi connectivity index (χ0) is 12.3. The fraction of sp³-hybridized carbons (Fsp3) is 0.154. The Morgan fingerprint density at radius 2 is 2.29 bits per heavy atom. The molecule has 4 nitrogen and oxygen atoms in total. The number of methoxy groups -OCH3 is 1. The number of aliphatic imine (C=N–C) groups is 1. The Bertz CT molecular complexity index is 553. The van der Waals surface area contributed by atoms with Crippen LogP contribution in [0.15, 0.2) is 40.9 Å². The van der Waals surface area contributed by atoms with Gasteiger partial charge in [-0.3, -0.25) is 4.99 Å². The molecule has 0 amide bonds. The highest BCUT2D eigenvalue weighted by Gasteiger charge is 2.19. The van der Waals surface area contributed by atoms with E-state index in [1.165, 1.54) is 7.11 Å². The molecular formula is C13H10N2O2. The molecule has 1 aliphatic rings. The Kier molecular flexibility index (Phi) is 3.01. The summed E-state index contributed by atoms with van der Waals surface area (Å²) in [5, 5.41) is 8.87. The summed E-state index contributed by atoms with van der Waals surface area (Å²) < 4.78 is 4.53. The number of esters is 1. The topological polar surface area (TPSA) is 62.5 Å². The van der Waals surface area contributed by atoms with E-state index in [1.807, 2.05) is 30.3 Å². The molecule has 1 aromatic carbocycles. The van der Waals surface area contributed by atoms with Gasteiger partial charge in [-0.2, -0.15) is 5.26 Å². The fourth-order valence-corrected chi connectivity index (χ4v) is 1.70. The highest BCUT2D eigenvalue weighted by Crippen LogP contribution is 2.32. The molecule has 1 atom stereocenters. The molecule has 0 N–H and O–H groups in total. The lowest BCUT2D eigenvalue weighted by Crippen LogP contribution is -2.05. The molecule has 1 heterocycles. The number of nitrogens with zero attached hydrogens (tertiary/aromatic N) is 2. The number of allylic oxidation sites excluding steroid dienone is 1. The van der Waals surface area contributed by atoms with E-state index in [0.717, 1.165) is 11.3 Å². The van der Waals surface area contributed by atoms with Crippen LogP contribution in [-0.2, 0) is 9.53 Å². The molecule has 4 heteroatoms. The van der Waals surface area contributed by atoms with Crippen molar-refractivity contribution in [3.63, 3.8) is 0 Å². The minimum Gasteiger partial charge on any atom is -0.465 e. The number of carbonyl (C=O) groups excluding carboxylic acids is 1. The summed E-state index contributed by atoms with van der Waals surface area (Å²) in [5.74, 6) is -0.759. The Morgan fingerprint density at radius 1 is 1.53 bits per heavy atom. The van der Waals surface area contributed by atoms with Crippen molar-refractivity contribution in [1.82, 2.24) is 0 Å². The van der Waals surface area contributed by atoms with Gasteiger partial charge in [0.1, 0.15) is 11.6 Å². The first-order valence-corrected chi connectivity index (χ1v) is 5.09. The second kappa shape index (κ2) is 4.62. The average Bonchev–Trinajstić information content (AvgIpc) is 2.78. The van der Waals surface area contributed by atoms with Gasteiger partial charge >= 0.3 is 5.97 Å². The zero-order valence-corrected chi connectivity index (χ0v) is 9.25. The third kappa shape index (κ3) is 2.08. The predicted molar refractivity (Wildman–Crippen MR) is 63.0 cm³/mol. The Balaban J connectivity index is 2.33. The lowest BCUT2D eigenvalue weighted by atomic mass is 9.99. The van der Waals surface area contributed by atoms with Crippen molar-refractivity contribution in [2.75, 3.05) is 7.11 Å². The smallest absolute Gasteiger partial charge is 0.348 e. The maximum Gasteiger partial charge on any atom is 0.348 e. The first kappa shape index (κ1) is 11.1. The molecule has 0 fully saturated rings. The van der Waals surface area contributed by atoms with Gasteiger partial charge in [0, 0.05) is 12.1 Å². The van der Waals surface area contributed by atoms with Crippen molar-refractivity contribution in [2.45, 2.75) is 5.92 Å². The van der Waals surface area contributed by atoms with Gasteiger partial charge in [-0.25, -0.2) is 4.79 Å². The highest BCUT2D eigenvalue weighted by atomic mass is 16.5. The van der Waals surface area contributed by atoms with Crippen LogP contribution in [0.25, 0.3) is 0 Å². The van der Waals surface area contributed by atoms with Crippen molar-refractivity contribution < 1.29 is 9.53 Å². The molecule has 2 rings (SSSR count). The van der Waals surface area contributed by atoms with E-state index < -0.39 is 5.97 Å². The van der Waals surface area contributed by atoms with E-state index >= 15 is 0 Å². The Labute approximate surface area is 98.9 Å². The van der Waals surface area contributed by atoms with Gasteiger partial charge in [0.15, 0.2) is 0 Å². The number of para-hydroxylation sites is 1. The first-order chi connectivity index (χ1) is 8.26. The van der Waals surface area contributed by atoms with Gasteiger partial charge in [-0.15, -0.1) is 0 Å². The molecule has 1 aromatic rings. The second-order valence-corrected chi connectivity index (χ2v) is 3.55. The van der Waals surface area contributed by atoms with Crippen molar-refractivity contribution in [3.05, 3.63) is 41.5 Å². The molecular weight excluding hydrogens is 216 g/mol. The van der Waals surface area contributed by atoms with Crippen LogP contribution >= 0.6 is 0 Å². The van der Waals surface area contributed by atoms with Crippen LogP contribution in [0.2, 0.25) is 0 Å². The number of hydrogen-bond acceptors (Lipinski definition) is 4. The quantitative estimate of drug-likeness (QED) is 0.440. The van der Waals surface area contributed by atoms with E-state index in [9.17, 15) is 4.79 Å². The molecule has 17 heavy (non-hydrogen) atoms. The number of nitriles is 1. The van der Waals surface area contributed by atoms with Crippen LogP contribution in [0.1, 0.15) is 11.5 Å². The third-order valence-electron chi connectivity index (χ3n) is 2.54. The van der Waals surface area contributed by atoms with E-state index in [2.05, 4.69) is 9.73 Å². The summed E-state index contributed by atoms with van der Waals surface area (Å²) in [6, 6.07) is 9.45. The van der Waals surface area contributed by atoms with E-state index in [4.69, 9.17) is 5.26 Å². The third-order valence-corrected chi connectivity index (χ3v) is 2.54. The molecule has 0 saturated heterocycles. The number of carbonyl (C=O) groups is 1. The molecule has 0 radical (unpaired) electrons. The van der Waals surface area contributed by atoms with Crippen molar-refractivity contribution >= 4 is 17.9 Å². The molecule has 0 saturated carbocycles. The highest BCUT2D eigenvalue weighted by molar-refractivity contribution is 5.94. The van der Waals surface area contributed by atoms with Gasteiger partial charge in [0.25, 0.3) is 0 Å². The number of hydrogen-bond donors (Lipinski definition) is 0. The number of ether oxygens (including phenoxy) is 1. The van der Waals surface area contributed by atoms with Crippen LogP contribution in [0.4, 0.5) is 5.69 Å². The van der Waals surface area contributed by atoms with Gasteiger partial charge in [0.05, 0.1) is 12.8 Å². The molecule has 84 valence electrons. The standard InChI is InChI=1S/C13H10N2O2/c1-17-13(16)9(7-14)6-10-8-15-12-5-3-2-4-11(10)12/h2-6,8,10H,1H3/b9-6+. The SMILES string of the molecule is COC(=O)/C(C#N)=C/C1C=Nc2ccccc21. The van der Waals surface area contributed by atoms with Gasteiger partial charge in [-0.05, 0) is 17.7 Å². The summed E-state index contributed by atoms with van der Waals surface area (Å²) in [6.07, 6.45) is 3.28. The molecule has 0 aromatic heterocycles. The number of fused-ring (bicyclic) bond motifs is 1. The molecule has 0 spiro atoms. The summed E-state index contributed by atoms with van der Waals surface area (Å²) in [4.78, 5) is 15.5.